The molecule has 0 saturated heterocycles. The van der Waals surface area contributed by atoms with E-state index in [9.17, 15) is 0 Å². The minimum atomic E-state index is 0.478. The van der Waals surface area contributed by atoms with Crippen LogP contribution in [0.5, 0.6) is 5.75 Å². The van der Waals surface area contributed by atoms with E-state index >= 15 is 0 Å². The molecule has 0 saturated carbocycles. The van der Waals surface area contributed by atoms with E-state index in [2.05, 4.69) is 32.7 Å². The van der Waals surface area contributed by atoms with Crippen molar-refractivity contribution in [1.29, 1.82) is 0 Å². The van der Waals surface area contributed by atoms with Crippen molar-refractivity contribution in [3.63, 3.8) is 0 Å². The molecule has 102 valence electrons. The molecule has 0 fully saturated rings. The normalized spacial score (nSPS) is 10.9. The minimum Gasteiger partial charge on any atom is -0.497 e. The summed E-state index contributed by atoms with van der Waals surface area (Å²) >= 11 is 8.41. The number of ether oxygens (including phenoxy) is 1. The SMILES string of the molecule is COc1ccc(Cn2nc(I)c3ccnc(Cl)c32)cc1. The molecule has 0 N–H and O–H groups in total. The van der Waals surface area contributed by atoms with Gasteiger partial charge in [-0.05, 0) is 46.4 Å². The highest BCUT2D eigenvalue weighted by Gasteiger charge is 2.12. The maximum absolute atomic E-state index is 6.19. The Labute approximate surface area is 134 Å². The predicted octanol–water partition coefficient (Wildman–Crippen LogP) is 3.75. The van der Waals surface area contributed by atoms with E-state index in [4.69, 9.17) is 16.3 Å². The van der Waals surface area contributed by atoms with Gasteiger partial charge in [0, 0.05) is 11.6 Å². The molecule has 0 amide bonds. The van der Waals surface area contributed by atoms with Gasteiger partial charge in [0.05, 0.1) is 13.7 Å². The van der Waals surface area contributed by atoms with E-state index in [1.54, 1.807) is 13.3 Å². The zero-order chi connectivity index (χ0) is 14.1. The second-order valence-electron chi connectivity index (χ2n) is 4.29. The number of nitrogens with zero attached hydrogens (tertiary/aromatic N) is 3. The minimum absolute atomic E-state index is 0.478. The molecule has 0 aliphatic carbocycles. The molecule has 0 unspecified atom stereocenters. The average Bonchev–Trinajstić information content (AvgIpc) is 2.78. The Morgan fingerprint density at radius 2 is 2.00 bits per heavy atom. The van der Waals surface area contributed by atoms with Gasteiger partial charge in [-0.15, -0.1) is 0 Å². The van der Waals surface area contributed by atoms with Crippen LogP contribution < -0.4 is 4.74 Å². The van der Waals surface area contributed by atoms with Gasteiger partial charge < -0.3 is 4.74 Å². The van der Waals surface area contributed by atoms with Crippen LogP contribution in [0.2, 0.25) is 5.15 Å². The number of pyridine rings is 1. The Bertz CT molecular complexity index is 755. The molecule has 6 heteroatoms. The Morgan fingerprint density at radius 3 is 2.70 bits per heavy atom. The lowest BCUT2D eigenvalue weighted by atomic mass is 10.2. The molecule has 20 heavy (non-hydrogen) atoms. The first-order valence-corrected chi connectivity index (χ1v) is 7.44. The summed E-state index contributed by atoms with van der Waals surface area (Å²) in [6, 6.07) is 9.84. The number of hydrogen-bond acceptors (Lipinski definition) is 3. The fraction of sp³-hybridized carbons (Fsp3) is 0.143. The summed E-state index contributed by atoms with van der Waals surface area (Å²) in [6.45, 7) is 0.648. The quantitative estimate of drug-likeness (QED) is 0.497. The molecule has 0 aliphatic rings. The fourth-order valence-corrected chi connectivity index (χ4v) is 3.02. The van der Waals surface area contributed by atoms with Crippen LogP contribution in [0, 0.1) is 3.70 Å². The first kappa shape index (κ1) is 13.6. The molecule has 3 aromatic rings. The van der Waals surface area contributed by atoms with Gasteiger partial charge in [-0.3, -0.25) is 4.68 Å². The largest absolute Gasteiger partial charge is 0.497 e. The van der Waals surface area contributed by atoms with Crippen molar-refractivity contribution in [3.05, 3.63) is 50.9 Å². The number of rotatable bonds is 3. The number of methoxy groups -OCH3 is 1. The van der Waals surface area contributed by atoms with Crippen LogP contribution >= 0.6 is 34.2 Å². The molecule has 0 radical (unpaired) electrons. The second kappa shape index (κ2) is 5.57. The number of fused-ring (bicyclic) bond motifs is 1. The molecule has 0 aliphatic heterocycles. The topological polar surface area (TPSA) is 39.9 Å². The fourth-order valence-electron chi connectivity index (χ4n) is 2.07. The summed E-state index contributed by atoms with van der Waals surface area (Å²) in [6.07, 6.45) is 1.70. The van der Waals surface area contributed by atoms with Gasteiger partial charge in [-0.1, -0.05) is 23.7 Å². The first-order chi connectivity index (χ1) is 9.69. The van der Waals surface area contributed by atoms with Crippen molar-refractivity contribution in [2.75, 3.05) is 7.11 Å². The van der Waals surface area contributed by atoms with E-state index in [1.807, 2.05) is 35.0 Å². The third kappa shape index (κ3) is 2.47. The molecular weight excluding hydrogens is 389 g/mol. The lowest BCUT2D eigenvalue weighted by Crippen LogP contribution is -2.02. The highest BCUT2D eigenvalue weighted by atomic mass is 127. The number of hydrogen-bond donors (Lipinski definition) is 0. The molecule has 0 atom stereocenters. The zero-order valence-corrected chi connectivity index (χ0v) is 13.6. The summed E-state index contributed by atoms with van der Waals surface area (Å²) < 4.78 is 7.97. The third-order valence-electron chi connectivity index (χ3n) is 3.06. The van der Waals surface area contributed by atoms with Crippen LogP contribution in [-0.4, -0.2) is 21.9 Å². The van der Waals surface area contributed by atoms with Crippen molar-refractivity contribution in [3.8, 4) is 5.75 Å². The Hall–Kier alpha value is -1.34. The van der Waals surface area contributed by atoms with E-state index < -0.39 is 0 Å². The molecular formula is C14H11ClIN3O. The van der Waals surface area contributed by atoms with E-state index in [0.29, 0.717) is 11.7 Å². The second-order valence-corrected chi connectivity index (χ2v) is 5.67. The van der Waals surface area contributed by atoms with Crippen LogP contribution in [0.1, 0.15) is 5.56 Å². The van der Waals surface area contributed by atoms with Crippen LogP contribution in [0.25, 0.3) is 10.9 Å². The van der Waals surface area contributed by atoms with E-state index in [-0.39, 0.29) is 0 Å². The van der Waals surface area contributed by atoms with E-state index in [1.165, 1.54) is 0 Å². The van der Waals surface area contributed by atoms with Crippen molar-refractivity contribution < 1.29 is 4.74 Å². The van der Waals surface area contributed by atoms with Crippen LogP contribution in [-0.2, 0) is 6.54 Å². The molecule has 2 heterocycles. The van der Waals surface area contributed by atoms with Gasteiger partial charge in [-0.25, -0.2) is 4.98 Å². The van der Waals surface area contributed by atoms with Crippen molar-refractivity contribution in [1.82, 2.24) is 14.8 Å². The standard InChI is InChI=1S/C14H11ClIN3O/c1-20-10-4-2-9(3-5-10)8-19-12-11(14(16)18-19)6-7-17-13(12)15/h2-7H,8H2,1H3. The lowest BCUT2D eigenvalue weighted by molar-refractivity contribution is 0.414. The molecule has 1 aromatic carbocycles. The summed E-state index contributed by atoms with van der Waals surface area (Å²) in [5, 5.41) is 6.04. The summed E-state index contributed by atoms with van der Waals surface area (Å²) in [7, 11) is 1.66. The monoisotopic (exact) mass is 399 g/mol. The van der Waals surface area contributed by atoms with Gasteiger partial charge in [0.1, 0.15) is 15.0 Å². The van der Waals surface area contributed by atoms with Gasteiger partial charge in [0.15, 0.2) is 5.15 Å². The number of aromatic nitrogens is 3. The lowest BCUT2D eigenvalue weighted by Gasteiger charge is -2.05. The highest BCUT2D eigenvalue weighted by molar-refractivity contribution is 14.1. The number of benzene rings is 1. The maximum Gasteiger partial charge on any atom is 0.154 e. The summed E-state index contributed by atoms with van der Waals surface area (Å²) in [5.74, 6) is 0.841. The average molecular weight is 400 g/mol. The highest BCUT2D eigenvalue weighted by Crippen LogP contribution is 2.26. The molecule has 0 spiro atoms. The van der Waals surface area contributed by atoms with Gasteiger partial charge >= 0.3 is 0 Å². The Balaban J connectivity index is 2.02. The summed E-state index contributed by atoms with van der Waals surface area (Å²) in [4.78, 5) is 4.13. The van der Waals surface area contributed by atoms with Crippen LogP contribution in [0.15, 0.2) is 36.5 Å². The van der Waals surface area contributed by atoms with Gasteiger partial charge in [0.25, 0.3) is 0 Å². The molecule has 2 aromatic heterocycles. The maximum atomic E-state index is 6.19. The zero-order valence-electron chi connectivity index (χ0n) is 10.7. The van der Waals surface area contributed by atoms with Gasteiger partial charge in [0.2, 0.25) is 0 Å². The Kier molecular flexibility index (Phi) is 3.80. The van der Waals surface area contributed by atoms with Crippen LogP contribution in [0.3, 0.4) is 0 Å². The van der Waals surface area contributed by atoms with Crippen molar-refractivity contribution in [2.24, 2.45) is 0 Å². The predicted molar refractivity (Wildman–Crippen MR) is 87.4 cm³/mol. The first-order valence-electron chi connectivity index (χ1n) is 5.98. The smallest absolute Gasteiger partial charge is 0.154 e. The van der Waals surface area contributed by atoms with Crippen molar-refractivity contribution >= 4 is 45.1 Å². The van der Waals surface area contributed by atoms with Crippen molar-refractivity contribution in [2.45, 2.75) is 6.54 Å². The number of halogens is 2. The van der Waals surface area contributed by atoms with Gasteiger partial charge in [-0.2, -0.15) is 5.10 Å². The molecule has 0 bridgehead atoms. The van der Waals surface area contributed by atoms with E-state index in [0.717, 1.165) is 25.9 Å². The van der Waals surface area contributed by atoms with Crippen LogP contribution in [0.4, 0.5) is 0 Å². The molecule has 4 nitrogen and oxygen atoms in total. The summed E-state index contributed by atoms with van der Waals surface area (Å²) in [5.41, 5.74) is 2.00. The Morgan fingerprint density at radius 1 is 1.25 bits per heavy atom. The third-order valence-corrected chi connectivity index (χ3v) is 4.13. The molecule has 3 rings (SSSR count).